The molecule has 0 saturated carbocycles. The van der Waals surface area contributed by atoms with E-state index in [1.54, 1.807) is 19.1 Å². The molecule has 0 unspecified atom stereocenters. The Balaban J connectivity index is 1.75. The van der Waals surface area contributed by atoms with Gasteiger partial charge in [0.25, 0.3) is 5.91 Å². The maximum atomic E-state index is 13.1. The molecule has 0 bridgehead atoms. The van der Waals surface area contributed by atoms with Crippen molar-refractivity contribution in [3.05, 3.63) is 59.2 Å². The summed E-state index contributed by atoms with van der Waals surface area (Å²) in [5.74, 6) is 1.07. The van der Waals surface area contributed by atoms with E-state index in [9.17, 15) is 9.59 Å². The molecule has 0 aromatic heterocycles. The number of hydrogen-bond acceptors (Lipinski definition) is 4. The molecule has 154 valence electrons. The zero-order valence-electron chi connectivity index (χ0n) is 17.4. The summed E-state index contributed by atoms with van der Waals surface area (Å²) in [6.45, 7) is 4.86. The van der Waals surface area contributed by atoms with Crippen molar-refractivity contribution in [2.75, 3.05) is 14.2 Å². The molecule has 6 nitrogen and oxygen atoms in total. The molecule has 0 radical (unpaired) electrons. The van der Waals surface area contributed by atoms with Gasteiger partial charge in [-0.2, -0.15) is 0 Å². The molecule has 1 aliphatic heterocycles. The van der Waals surface area contributed by atoms with Crippen LogP contribution in [0.25, 0.3) is 0 Å². The molecule has 0 fully saturated rings. The minimum Gasteiger partial charge on any atom is -0.493 e. The number of fused-ring (bicyclic) bond motifs is 1. The zero-order valence-corrected chi connectivity index (χ0v) is 17.4. The van der Waals surface area contributed by atoms with Crippen LogP contribution in [0.2, 0.25) is 0 Å². The largest absolute Gasteiger partial charge is 0.493 e. The Morgan fingerprint density at radius 3 is 2.52 bits per heavy atom. The fraction of sp³-hybridized carbons (Fsp3) is 0.391. The molecule has 6 heteroatoms. The van der Waals surface area contributed by atoms with Gasteiger partial charge in [0.1, 0.15) is 6.04 Å². The standard InChI is InChI=1S/C23H28N2O4/c1-5-15(2)21(25-14-17-8-6-7-9-18(17)23(25)27)22(26)24-13-16-10-11-19(28-3)20(12-16)29-4/h6-12,15,21H,5,13-14H2,1-4H3,(H,24,26)/t15-,21+/m0/s1. The number of carbonyl (C=O) groups excluding carboxylic acids is 2. The fourth-order valence-corrected chi connectivity index (χ4v) is 3.72. The van der Waals surface area contributed by atoms with Gasteiger partial charge in [-0.05, 0) is 35.2 Å². The first-order valence-electron chi connectivity index (χ1n) is 9.87. The molecule has 1 heterocycles. The Kier molecular flexibility index (Phi) is 6.42. The highest BCUT2D eigenvalue weighted by molar-refractivity contribution is 6.01. The number of nitrogens with zero attached hydrogens (tertiary/aromatic N) is 1. The summed E-state index contributed by atoms with van der Waals surface area (Å²) < 4.78 is 10.6. The number of methoxy groups -OCH3 is 2. The normalized spacial score (nSPS) is 14.9. The molecule has 2 aromatic rings. The summed E-state index contributed by atoms with van der Waals surface area (Å²) in [6, 6.07) is 12.6. The van der Waals surface area contributed by atoms with Crippen LogP contribution in [-0.4, -0.2) is 37.0 Å². The van der Waals surface area contributed by atoms with Crippen LogP contribution in [0, 0.1) is 5.92 Å². The molecule has 0 spiro atoms. The van der Waals surface area contributed by atoms with Crippen molar-refractivity contribution in [3.8, 4) is 11.5 Å². The Labute approximate surface area is 171 Å². The number of rotatable bonds is 8. The van der Waals surface area contributed by atoms with Gasteiger partial charge in [-0.25, -0.2) is 0 Å². The van der Waals surface area contributed by atoms with Crippen molar-refractivity contribution in [2.24, 2.45) is 5.92 Å². The van der Waals surface area contributed by atoms with E-state index in [-0.39, 0.29) is 17.7 Å². The van der Waals surface area contributed by atoms with Crippen LogP contribution in [0.3, 0.4) is 0 Å². The summed E-state index contributed by atoms with van der Waals surface area (Å²) in [4.78, 5) is 27.7. The van der Waals surface area contributed by atoms with E-state index in [4.69, 9.17) is 9.47 Å². The van der Waals surface area contributed by atoms with Gasteiger partial charge in [-0.1, -0.05) is 44.5 Å². The summed E-state index contributed by atoms with van der Waals surface area (Å²) >= 11 is 0. The van der Waals surface area contributed by atoms with Gasteiger partial charge >= 0.3 is 0 Å². The summed E-state index contributed by atoms with van der Waals surface area (Å²) in [6.07, 6.45) is 0.800. The summed E-state index contributed by atoms with van der Waals surface area (Å²) in [5.41, 5.74) is 2.56. The molecule has 0 saturated heterocycles. The maximum absolute atomic E-state index is 13.1. The Hall–Kier alpha value is -3.02. The van der Waals surface area contributed by atoms with Crippen LogP contribution in [0.4, 0.5) is 0 Å². The smallest absolute Gasteiger partial charge is 0.255 e. The molecule has 2 aromatic carbocycles. The summed E-state index contributed by atoms with van der Waals surface area (Å²) in [7, 11) is 3.16. The van der Waals surface area contributed by atoms with Crippen LogP contribution in [-0.2, 0) is 17.9 Å². The quantitative estimate of drug-likeness (QED) is 0.743. The van der Waals surface area contributed by atoms with Crippen molar-refractivity contribution in [3.63, 3.8) is 0 Å². The minimum atomic E-state index is -0.514. The van der Waals surface area contributed by atoms with Gasteiger partial charge in [0.15, 0.2) is 11.5 Å². The van der Waals surface area contributed by atoms with Gasteiger partial charge in [0.05, 0.1) is 14.2 Å². The van der Waals surface area contributed by atoms with Gasteiger partial charge in [0, 0.05) is 18.7 Å². The lowest BCUT2D eigenvalue weighted by Gasteiger charge is -2.31. The first kappa shape index (κ1) is 20.7. The second-order valence-electron chi connectivity index (χ2n) is 7.33. The number of carbonyl (C=O) groups is 2. The number of hydrogen-bond donors (Lipinski definition) is 1. The third-order valence-corrected chi connectivity index (χ3v) is 5.55. The lowest BCUT2D eigenvalue weighted by molar-refractivity contribution is -0.127. The number of ether oxygens (including phenoxy) is 2. The molecule has 1 aliphatic rings. The first-order valence-corrected chi connectivity index (χ1v) is 9.87. The first-order chi connectivity index (χ1) is 14.0. The van der Waals surface area contributed by atoms with Crippen LogP contribution < -0.4 is 14.8 Å². The van der Waals surface area contributed by atoms with E-state index in [0.29, 0.717) is 30.2 Å². The van der Waals surface area contributed by atoms with Gasteiger partial charge in [-0.3, -0.25) is 9.59 Å². The van der Waals surface area contributed by atoms with E-state index in [1.165, 1.54) is 0 Å². The van der Waals surface area contributed by atoms with E-state index in [0.717, 1.165) is 17.5 Å². The minimum absolute atomic E-state index is 0.0404. The molecule has 1 N–H and O–H groups in total. The highest BCUT2D eigenvalue weighted by Gasteiger charge is 2.38. The Morgan fingerprint density at radius 1 is 1.14 bits per heavy atom. The third kappa shape index (κ3) is 4.21. The SMILES string of the molecule is CC[C@H](C)[C@H](C(=O)NCc1ccc(OC)c(OC)c1)N1Cc2ccccc2C1=O. The van der Waals surface area contributed by atoms with E-state index >= 15 is 0 Å². The fourth-order valence-electron chi connectivity index (χ4n) is 3.72. The van der Waals surface area contributed by atoms with Crippen molar-refractivity contribution < 1.29 is 19.1 Å². The number of nitrogens with one attached hydrogen (secondary N) is 1. The highest BCUT2D eigenvalue weighted by Crippen LogP contribution is 2.29. The van der Waals surface area contributed by atoms with E-state index in [2.05, 4.69) is 5.32 Å². The number of amides is 2. The lowest BCUT2D eigenvalue weighted by Crippen LogP contribution is -2.50. The summed E-state index contributed by atoms with van der Waals surface area (Å²) in [5, 5.41) is 3.00. The molecule has 29 heavy (non-hydrogen) atoms. The average Bonchev–Trinajstić information content (AvgIpc) is 3.08. The maximum Gasteiger partial charge on any atom is 0.255 e. The van der Waals surface area contributed by atoms with E-state index < -0.39 is 6.04 Å². The zero-order chi connectivity index (χ0) is 21.0. The molecular formula is C23H28N2O4. The van der Waals surface area contributed by atoms with Gasteiger partial charge < -0.3 is 19.7 Å². The predicted octanol–water partition coefficient (Wildman–Crippen LogP) is 3.39. The third-order valence-electron chi connectivity index (χ3n) is 5.55. The number of benzene rings is 2. The van der Waals surface area contributed by atoms with Crippen molar-refractivity contribution in [1.29, 1.82) is 0 Å². The van der Waals surface area contributed by atoms with Crippen molar-refractivity contribution >= 4 is 11.8 Å². The molecule has 0 aliphatic carbocycles. The molecule has 2 amide bonds. The Bertz CT molecular complexity index is 896. The van der Waals surface area contributed by atoms with Gasteiger partial charge in [0.2, 0.25) is 5.91 Å². The average molecular weight is 396 g/mol. The molecule has 3 rings (SSSR count). The van der Waals surface area contributed by atoms with E-state index in [1.807, 2.05) is 56.3 Å². The van der Waals surface area contributed by atoms with Crippen molar-refractivity contribution in [1.82, 2.24) is 10.2 Å². The van der Waals surface area contributed by atoms with Crippen LogP contribution >= 0.6 is 0 Å². The topological polar surface area (TPSA) is 67.9 Å². The predicted molar refractivity (Wildman–Crippen MR) is 111 cm³/mol. The highest BCUT2D eigenvalue weighted by atomic mass is 16.5. The van der Waals surface area contributed by atoms with Gasteiger partial charge in [-0.15, -0.1) is 0 Å². The van der Waals surface area contributed by atoms with Crippen LogP contribution in [0.1, 0.15) is 41.8 Å². The van der Waals surface area contributed by atoms with Crippen molar-refractivity contribution in [2.45, 2.75) is 39.4 Å². The monoisotopic (exact) mass is 396 g/mol. The molecule has 2 atom stereocenters. The lowest BCUT2D eigenvalue weighted by atomic mass is 9.96. The Morgan fingerprint density at radius 2 is 1.86 bits per heavy atom. The second-order valence-corrected chi connectivity index (χ2v) is 7.33. The van der Waals surface area contributed by atoms with Crippen LogP contribution in [0.15, 0.2) is 42.5 Å². The molecular weight excluding hydrogens is 368 g/mol. The van der Waals surface area contributed by atoms with Crippen LogP contribution in [0.5, 0.6) is 11.5 Å². The second kappa shape index (κ2) is 8.99.